The smallest absolute Gasteiger partial charge is 0.272 e. The van der Waals surface area contributed by atoms with Crippen molar-refractivity contribution in [2.45, 2.75) is 6.61 Å². The molecule has 2 heterocycles. The molecule has 136 valence electrons. The van der Waals surface area contributed by atoms with Gasteiger partial charge in [0.2, 0.25) is 11.0 Å². The summed E-state index contributed by atoms with van der Waals surface area (Å²) in [6.45, 7) is 0.199. The van der Waals surface area contributed by atoms with E-state index in [0.29, 0.717) is 26.8 Å². The molecule has 0 bridgehead atoms. The highest BCUT2D eigenvalue weighted by Gasteiger charge is 2.10. The number of hydrogen-bond donors (Lipinski definition) is 2. The molecule has 0 fully saturated rings. The Kier molecular flexibility index (Phi) is 4.67. The second-order valence-corrected chi connectivity index (χ2v) is 6.61. The summed E-state index contributed by atoms with van der Waals surface area (Å²) in [4.78, 5) is 11.8. The molecule has 0 aliphatic heterocycles. The maximum absolute atomic E-state index is 11.8. The molecule has 2 aromatic heterocycles. The van der Waals surface area contributed by atoms with E-state index in [1.165, 1.54) is 11.3 Å². The fourth-order valence-corrected chi connectivity index (χ4v) is 3.16. The fourth-order valence-electron chi connectivity index (χ4n) is 2.49. The van der Waals surface area contributed by atoms with Gasteiger partial charge in [-0.15, -0.1) is 15.3 Å². The summed E-state index contributed by atoms with van der Waals surface area (Å²) in [5.74, 6) is 1.14. The minimum Gasteiger partial charge on any atom is -0.497 e. The molecule has 8 nitrogen and oxygen atoms in total. The standard InChI is InChI=1S/C18H15N5O3S/c1-25-12-8-6-11(7-9-12)19-18-23-20-15(27-18)10-26-17-14-5-3-2-4-13(14)16(24)21-22-17/h2-9H,10H2,1H3,(H,19,23)(H,21,24). The fraction of sp³-hybridized carbons (Fsp3) is 0.111. The average Bonchev–Trinajstić information content (AvgIpc) is 3.16. The Morgan fingerprint density at radius 1 is 1.07 bits per heavy atom. The van der Waals surface area contributed by atoms with Crippen LogP contribution >= 0.6 is 11.3 Å². The molecule has 0 amide bonds. The summed E-state index contributed by atoms with van der Waals surface area (Å²) in [6.07, 6.45) is 0. The number of rotatable bonds is 6. The zero-order valence-corrected chi connectivity index (χ0v) is 15.1. The molecule has 4 rings (SSSR count). The van der Waals surface area contributed by atoms with Crippen molar-refractivity contribution >= 4 is 32.9 Å². The van der Waals surface area contributed by atoms with E-state index in [1.807, 2.05) is 30.3 Å². The maximum atomic E-state index is 11.8. The number of aromatic nitrogens is 4. The van der Waals surface area contributed by atoms with Crippen LogP contribution in [0.3, 0.4) is 0 Å². The van der Waals surface area contributed by atoms with E-state index in [9.17, 15) is 4.79 Å². The zero-order chi connectivity index (χ0) is 18.6. The molecule has 0 atom stereocenters. The second kappa shape index (κ2) is 7.42. The maximum Gasteiger partial charge on any atom is 0.272 e. The Morgan fingerprint density at radius 2 is 1.85 bits per heavy atom. The first kappa shape index (κ1) is 17.0. The van der Waals surface area contributed by atoms with Gasteiger partial charge in [0.1, 0.15) is 12.4 Å². The van der Waals surface area contributed by atoms with Gasteiger partial charge in [0.25, 0.3) is 5.56 Å². The van der Waals surface area contributed by atoms with E-state index in [1.54, 1.807) is 25.3 Å². The minimum atomic E-state index is -0.250. The van der Waals surface area contributed by atoms with Crippen LogP contribution in [-0.4, -0.2) is 27.5 Å². The van der Waals surface area contributed by atoms with Crippen LogP contribution in [0.4, 0.5) is 10.8 Å². The molecule has 4 aromatic rings. The van der Waals surface area contributed by atoms with E-state index in [-0.39, 0.29) is 12.2 Å². The van der Waals surface area contributed by atoms with E-state index < -0.39 is 0 Å². The lowest BCUT2D eigenvalue weighted by atomic mass is 10.2. The lowest BCUT2D eigenvalue weighted by molar-refractivity contribution is 0.293. The van der Waals surface area contributed by atoms with Crippen molar-refractivity contribution in [3.8, 4) is 11.6 Å². The topological polar surface area (TPSA) is 102 Å². The molecule has 0 unspecified atom stereocenters. The average molecular weight is 381 g/mol. The van der Waals surface area contributed by atoms with Crippen LogP contribution in [-0.2, 0) is 6.61 Å². The van der Waals surface area contributed by atoms with Crippen molar-refractivity contribution in [1.82, 2.24) is 20.4 Å². The third kappa shape index (κ3) is 3.72. The Bertz CT molecular complexity index is 1120. The number of methoxy groups -OCH3 is 1. The van der Waals surface area contributed by atoms with Crippen LogP contribution in [0.25, 0.3) is 10.8 Å². The Morgan fingerprint density at radius 3 is 2.63 bits per heavy atom. The van der Waals surface area contributed by atoms with E-state index in [4.69, 9.17) is 9.47 Å². The number of H-pyrrole nitrogens is 1. The summed E-state index contributed by atoms with van der Waals surface area (Å²) >= 11 is 1.38. The highest BCUT2D eigenvalue weighted by atomic mass is 32.1. The van der Waals surface area contributed by atoms with E-state index in [2.05, 4.69) is 25.7 Å². The first-order valence-electron chi connectivity index (χ1n) is 8.06. The van der Waals surface area contributed by atoms with Crippen LogP contribution in [0.1, 0.15) is 5.01 Å². The van der Waals surface area contributed by atoms with Crippen molar-refractivity contribution < 1.29 is 9.47 Å². The van der Waals surface area contributed by atoms with E-state index >= 15 is 0 Å². The number of nitrogens with zero attached hydrogens (tertiary/aromatic N) is 3. The van der Waals surface area contributed by atoms with Gasteiger partial charge in [-0.25, -0.2) is 5.10 Å². The lowest BCUT2D eigenvalue weighted by Crippen LogP contribution is -2.10. The Hall–Kier alpha value is -3.46. The number of anilines is 2. The van der Waals surface area contributed by atoms with Gasteiger partial charge in [-0.3, -0.25) is 4.79 Å². The minimum absolute atomic E-state index is 0.199. The molecule has 2 aromatic carbocycles. The predicted molar refractivity (Wildman–Crippen MR) is 103 cm³/mol. The van der Waals surface area contributed by atoms with Gasteiger partial charge in [0, 0.05) is 5.69 Å². The summed E-state index contributed by atoms with van der Waals surface area (Å²) < 4.78 is 10.9. The quantitative estimate of drug-likeness (QED) is 0.529. The van der Waals surface area contributed by atoms with Gasteiger partial charge in [-0.1, -0.05) is 23.5 Å². The number of fused-ring (bicyclic) bond motifs is 1. The molecule has 9 heteroatoms. The van der Waals surface area contributed by atoms with Gasteiger partial charge >= 0.3 is 0 Å². The number of benzene rings is 2. The predicted octanol–water partition coefficient (Wildman–Crippen LogP) is 3.11. The monoisotopic (exact) mass is 381 g/mol. The largest absolute Gasteiger partial charge is 0.497 e. The Balaban J connectivity index is 1.45. The van der Waals surface area contributed by atoms with Crippen molar-refractivity contribution in [1.29, 1.82) is 0 Å². The third-order valence-corrected chi connectivity index (χ3v) is 4.61. The highest BCUT2D eigenvalue weighted by Crippen LogP contribution is 2.24. The normalized spacial score (nSPS) is 10.7. The third-order valence-electron chi connectivity index (χ3n) is 3.80. The zero-order valence-electron chi connectivity index (χ0n) is 14.3. The van der Waals surface area contributed by atoms with Crippen molar-refractivity contribution in [3.63, 3.8) is 0 Å². The van der Waals surface area contributed by atoms with Crippen molar-refractivity contribution in [2.75, 3.05) is 12.4 Å². The molecule has 27 heavy (non-hydrogen) atoms. The summed E-state index contributed by atoms with van der Waals surface area (Å²) in [7, 11) is 1.62. The highest BCUT2D eigenvalue weighted by molar-refractivity contribution is 7.15. The molecule has 2 N–H and O–H groups in total. The summed E-state index contributed by atoms with van der Waals surface area (Å²) in [5.41, 5.74) is 0.632. The molecule has 0 spiro atoms. The first-order valence-corrected chi connectivity index (χ1v) is 8.88. The van der Waals surface area contributed by atoms with Gasteiger partial charge in [0.15, 0.2) is 5.01 Å². The van der Waals surface area contributed by atoms with Gasteiger partial charge in [-0.05, 0) is 36.4 Å². The number of ether oxygens (including phenoxy) is 2. The second-order valence-electron chi connectivity index (χ2n) is 5.55. The molecule has 0 radical (unpaired) electrons. The molecule has 0 aliphatic carbocycles. The van der Waals surface area contributed by atoms with Crippen molar-refractivity contribution in [3.05, 3.63) is 63.9 Å². The van der Waals surface area contributed by atoms with Gasteiger partial charge in [-0.2, -0.15) is 0 Å². The van der Waals surface area contributed by atoms with Crippen LogP contribution in [0.5, 0.6) is 11.6 Å². The molecular formula is C18H15N5O3S. The molecule has 0 saturated carbocycles. The Labute approximate surface area is 157 Å². The summed E-state index contributed by atoms with van der Waals surface area (Å²) in [6, 6.07) is 14.7. The van der Waals surface area contributed by atoms with Crippen LogP contribution in [0.2, 0.25) is 0 Å². The molecular weight excluding hydrogens is 366 g/mol. The van der Waals surface area contributed by atoms with E-state index in [0.717, 1.165) is 11.4 Å². The number of nitrogens with one attached hydrogen (secondary N) is 2. The van der Waals surface area contributed by atoms with Crippen LogP contribution in [0.15, 0.2) is 53.3 Å². The number of hydrogen-bond acceptors (Lipinski definition) is 8. The molecule has 0 saturated heterocycles. The van der Waals surface area contributed by atoms with Gasteiger partial charge < -0.3 is 14.8 Å². The first-order chi connectivity index (χ1) is 13.2. The van der Waals surface area contributed by atoms with Gasteiger partial charge in [0.05, 0.1) is 17.9 Å². The van der Waals surface area contributed by atoms with Crippen LogP contribution in [0, 0.1) is 0 Å². The lowest BCUT2D eigenvalue weighted by Gasteiger charge is -2.05. The number of aromatic amines is 1. The molecule has 0 aliphatic rings. The summed E-state index contributed by atoms with van der Waals surface area (Å²) in [5, 5.41) is 20.3. The van der Waals surface area contributed by atoms with Crippen LogP contribution < -0.4 is 20.3 Å². The van der Waals surface area contributed by atoms with Crippen molar-refractivity contribution in [2.24, 2.45) is 0 Å². The SMILES string of the molecule is COc1ccc(Nc2nnc(COc3n[nH]c(=O)c4ccccc34)s2)cc1.